The van der Waals surface area contributed by atoms with Crippen LogP contribution < -0.4 is 4.90 Å². The lowest BCUT2D eigenvalue weighted by Gasteiger charge is -2.47. The van der Waals surface area contributed by atoms with Crippen LogP contribution in [0.2, 0.25) is 0 Å². The molecule has 0 amide bonds. The number of anilines is 1. The molecule has 6 nitrogen and oxygen atoms in total. The third-order valence-corrected chi connectivity index (χ3v) is 7.24. The highest BCUT2D eigenvalue weighted by molar-refractivity contribution is 7.97. The number of rotatable bonds is 7. The van der Waals surface area contributed by atoms with E-state index in [4.69, 9.17) is 0 Å². The molecule has 1 saturated heterocycles. The molecule has 1 aromatic carbocycles. The summed E-state index contributed by atoms with van der Waals surface area (Å²) in [5.41, 5.74) is 1.16. The van der Waals surface area contributed by atoms with Gasteiger partial charge in [-0.3, -0.25) is 9.88 Å². The topological polar surface area (TPSA) is 55.7 Å². The number of fused-ring (bicyclic) bond motifs is 1. The number of likely N-dealkylation sites (N-methyl/N-ethyl adjacent to an activating group) is 1. The van der Waals surface area contributed by atoms with E-state index in [9.17, 15) is 5.11 Å². The molecule has 2 aromatic heterocycles. The zero-order valence-electron chi connectivity index (χ0n) is 18.5. The van der Waals surface area contributed by atoms with Gasteiger partial charge in [0.1, 0.15) is 11.6 Å². The first-order valence-electron chi connectivity index (χ1n) is 10.9. The molecule has 3 heterocycles. The van der Waals surface area contributed by atoms with Crippen molar-refractivity contribution in [2.75, 3.05) is 44.7 Å². The fourth-order valence-corrected chi connectivity index (χ4v) is 5.38. The third-order valence-electron chi connectivity index (χ3n) is 6.27. The number of piperazine rings is 1. The molecule has 0 saturated carbocycles. The second-order valence-electron chi connectivity index (χ2n) is 8.41. The highest BCUT2D eigenvalue weighted by atomic mass is 32.2. The first kappa shape index (κ1) is 21.9. The summed E-state index contributed by atoms with van der Waals surface area (Å²) in [7, 11) is 2.18. The van der Waals surface area contributed by atoms with Crippen molar-refractivity contribution in [2.24, 2.45) is 0 Å². The van der Waals surface area contributed by atoms with E-state index >= 15 is 0 Å². The van der Waals surface area contributed by atoms with E-state index in [0.29, 0.717) is 0 Å². The minimum atomic E-state index is 0.0915. The average Bonchev–Trinajstić information content (AvgIpc) is 2.80. The summed E-state index contributed by atoms with van der Waals surface area (Å²) in [6.45, 7) is 9.51. The van der Waals surface area contributed by atoms with Crippen LogP contribution >= 0.6 is 11.9 Å². The predicted molar refractivity (Wildman–Crippen MR) is 129 cm³/mol. The maximum absolute atomic E-state index is 9.48. The van der Waals surface area contributed by atoms with Gasteiger partial charge in [-0.05, 0) is 56.6 Å². The number of hydrogen-bond acceptors (Lipinski definition) is 7. The molecule has 164 valence electrons. The van der Waals surface area contributed by atoms with Gasteiger partial charge in [0.05, 0.1) is 11.7 Å². The van der Waals surface area contributed by atoms with Gasteiger partial charge in [-0.2, -0.15) is 0 Å². The van der Waals surface area contributed by atoms with Gasteiger partial charge in [-0.15, -0.1) is 0 Å². The van der Waals surface area contributed by atoms with E-state index in [1.807, 2.05) is 18.3 Å². The Bertz CT molecular complexity index is 1000. The summed E-state index contributed by atoms with van der Waals surface area (Å²) in [5, 5.41) is 10.7. The highest BCUT2D eigenvalue weighted by Gasteiger charge is 2.34. The summed E-state index contributed by atoms with van der Waals surface area (Å²) in [4.78, 5) is 15.1. The predicted octanol–water partition coefficient (Wildman–Crippen LogP) is 4.27. The van der Waals surface area contributed by atoms with E-state index in [2.05, 4.69) is 69.2 Å². The Morgan fingerprint density at radius 3 is 2.55 bits per heavy atom. The minimum absolute atomic E-state index is 0.0915. The van der Waals surface area contributed by atoms with Crippen LogP contribution in [0.15, 0.2) is 59.8 Å². The van der Waals surface area contributed by atoms with Crippen molar-refractivity contribution in [3.8, 4) is 5.75 Å². The molecule has 4 rings (SSSR count). The second-order valence-corrected chi connectivity index (χ2v) is 9.65. The van der Waals surface area contributed by atoms with Crippen LogP contribution in [-0.2, 0) is 0 Å². The summed E-state index contributed by atoms with van der Waals surface area (Å²) in [5.74, 6) is 1.15. The Balaban J connectivity index is 1.40. The molecule has 31 heavy (non-hydrogen) atoms. The van der Waals surface area contributed by atoms with E-state index in [0.717, 1.165) is 50.5 Å². The van der Waals surface area contributed by atoms with Crippen molar-refractivity contribution in [3.63, 3.8) is 0 Å². The number of pyridine rings is 2. The fraction of sp³-hybridized carbons (Fsp3) is 0.417. The lowest BCUT2D eigenvalue weighted by Crippen LogP contribution is -2.59. The molecule has 1 fully saturated rings. The molecular weight excluding hydrogens is 406 g/mol. The Morgan fingerprint density at radius 1 is 1.06 bits per heavy atom. The maximum Gasteiger partial charge on any atom is 0.134 e. The Hall–Kier alpha value is -2.35. The van der Waals surface area contributed by atoms with Crippen molar-refractivity contribution in [1.82, 2.24) is 19.2 Å². The largest absolute Gasteiger partial charge is 0.506 e. The van der Waals surface area contributed by atoms with Gasteiger partial charge >= 0.3 is 0 Å². The van der Waals surface area contributed by atoms with E-state index < -0.39 is 0 Å². The van der Waals surface area contributed by atoms with Gasteiger partial charge in [0.2, 0.25) is 0 Å². The van der Waals surface area contributed by atoms with Crippen LogP contribution in [0, 0.1) is 0 Å². The minimum Gasteiger partial charge on any atom is -0.506 e. The molecule has 1 unspecified atom stereocenters. The monoisotopic (exact) mass is 437 g/mol. The molecule has 7 heteroatoms. The molecule has 1 atom stereocenters. The average molecular weight is 438 g/mol. The molecule has 0 aliphatic carbocycles. The quantitative estimate of drug-likeness (QED) is 0.554. The molecule has 0 spiro atoms. The van der Waals surface area contributed by atoms with Crippen LogP contribution in [-0.4, -0.2) is 69.6 Å². The van der Waals surface area contributed by atoms with Gasteiger partial charge in [0, 0.05) is 54.7 Å². The number of hydrogen-bond donors (Lipinski definition) is 1. The molecular formula is C24H31N5OS. The Kier molecular flexibility index (Phi) is 6.65. The summed E-state index contributed by atoms with van der Waals surface area (Å²) in [6.07, 6.45) is 4.47. The van der Waals surface area contributed by atoms with E-state index in [1.54, 1.807) is 18.0 Å². The Morgan fingerprint density at radius 2 is 1.84 bits per heavy atom. The van der Waals surface area contributed by atoms with Gasteiger partial charge in [0.25, 0.3) is 0 Å². The standard InChI is InChI=1S/C24H31N5OS/c1-4-24(2,29-15-13-28(14-16-29)22-11-10-20(30)17-26-22)18-27(3)31-21-9-5-7-19-8-6-12-25-23(19)21/h5-12,17,30H,4,13-16,18H2,1-3H3. The second kappa shape index (κ2) is 9.42. The van der Waals surface area contributed by atoms with Crippen LogP contribution in [0.1, 0.15) is 20.3 Å². The van der Waals surface area contributed by atoms with Crippen LogP contribution in [0.4, 0.5) is 5.82 Å². The van der Waals surface area contributed by atoms with E-state index in [1.165, 1.54) is 16.5 Å². The molecule has 0 bridgehead atoms. The SMILES string of the molecule is CCC(C)(CN(C)Sc1cccc2cccnc12)N1CCN(c2ccc(O)cn2)CC1. The van der Waals surface area contributed by atoms with E-state index in [-0.39, 0.29) is 11.3 Å². The number of para-hydroxylation sites is 1. The molecule has 1 aliphatic heterocycles. The summed E-state index contributed by atoms with van der Waals surface area (Å²) >= 11 is 1.78. The van der Waals surface area contributed by atoms with Gasteiger partial charge in [-0.1, -0.05) is 25.1 Å². The lowest BCUT2D eigenvalue weighted by atomic mass is 9.95. The van der Waals surface area contributed by atoms with Crippen molar-refractivity contribution in [1.29, 1.82) is 0 Å². The number of aromatic nitrogens is 2. The van der Waals surface area contributed by atoms with Crippen LogP contribution in [0.5, 0.6) is 5.75 Å². The van der Waals surface area contributed by atoms with Crippen LogP contribution in [0.3, 0.4) is 0 Å². The molecule has 1 aliphatic rings. The van der Waals surface area contributed by atoms with Gasteiger partial charge < -0.3 is 10.0 Å². The first-order valence-corrected chi connectivity index (χ1v) is 11.6. The van der Waals surface area contributed by atoms with Crippen molar-refractivity contribution >= 4 is 28.7 Å². The zero-order valence-corrected chi connectivity index (χ0v) is 19.3. The Labute approximate surface area is 189 Å². The smallest absolute Gasteiger partial charge is 0.134 e. The fourth-order valence-electron chi connectivity index (χ4n) is 4.31. The summed E-state index contributed by atoms with van der Waals surface area (Å²) < 4.78 is 2.35. The van der Waals surface area contributed by atoms with Crippen molar-refractivity contribution < 1.29 is 5.11 Å². The van der Waals surface area contributed by atoms with Gasteiger partial charge in [0.15, 0.2) is 0 Å². The summed E-state index contributed by atoms with van der Waals surface area (Å²) in [6, 6.07) is 14.1. The molecule has 0 radical (unpaired) electrons. The molecule has 1 N–H and O–H groups in total. The highest BCUT2D eigenvalue weighted by Crippen LogP contribution is 2.31. The van der Waals surface area contributed by atoms with Crippen molar-refractivity contribution in [3.05, 3.63) is 54.9 Å². The first-order chi connectivity index (χ1) is 15.0. The lowest BCUT2D eigenvalue weighted by molar-refractivity contribution is 0.0788. The maximum atomic E-state index is 9.48. The number of benzene rings is 1. The van der Waals surface area contributed by atoms with Gasteiger partial charge in [-0.25, -0.2) is 9.29 Å². The normalized spacial score (nSPS) is 17.2. The number of nitrogens with zero attached hydrogens (tertiary/aromatic N) is 5. The zero-order chi connectivity index (χ0) is 21.8. The van der Waals surface area contributed by atoms with Crippen LogP contribution in [0.25, 0.3) is 10.9 Å². The molecule has 3 aromatic rings. The number of aromatic hydroxyl groups is 1. The third kappa shape index (κ3) is 4.95. The van der Waals surface area contributed by atoms with Crippen molar-refractivity contribution in [2.45, 2.75) is 30.7 Å².